The number of benzene rings is 2. The van der Waals surface area contributed by atoms with E-state index in [1.807, 2.05) is 42.5 Å². The quantitative estimate of drug-likeness (QED) is 0.670. The molecule has 1 heterocycles. The van der Waals surface area contributed by atoms with E-state index < -0.39 is 11.6 Å². The van der Waals surface area contributed by atoms with Crippen molar-refractivity contribution < 1.29 is 19.1 Å². The summed E-state index contributed by atoms with van der Waals surface area (Å²) in [5.41, 5.74) is 0.814. The number of fused-ring (bicyclic) bond motifs is 1. The lowest BCUT2D eigenvalue weighted by atomic mass is 10.0. The van der Waals surface area contributed by atoms with Crippen LogP contribution < -0.4 is 20.1 Å². The minimum Gasteiger partial charge on any atom is -0.486 e. The first-order chi connectivity index (χ1) is 14.2. The third-order valence-electron chi connectivity index (χ3n) is 4.68. The fourth-order valence-corrected chi connectivity index (χ4v) is 3.67. The molecule has 0 radical (unpaired) electrons. The van der Waals surface area contributed by atoms with Gasteiger partial charge in [0.25, 0.3) is 0 Å². The summed E-state index contributed by atoms with van der Waals surface area (Å²) in [6.07, 6.45) is 0. The van der Waals surface area contributed by atoms with Crippen LogP contribution >= 0.6 is 15.9 Å². The number of nitrogens with one attached hydrogen (secondary N) is 2. The van der Waals surface area contributed by atoms with Gasteiger partial charge < -0.3 is 25.0 Å². The fourth-order valence-electron chi connectivity index (χ4n) is 3.22. The SMILES string of the molecule is CN(Cc1ccc2c(c1)OCCO2)C(=O)C(C)(C)NC(=O)NCc1cccc(Br)c1. The molecule has 0 atom stereocenters. The Hall–Kier alpha value is -2.74. The molecule has 30 heavy (non-hydrogen) atoms. The minimum absolute atomic E-state index is 0.199. The number of ether oxygens (including phenoxy) is 2. The molecule has 0 unspecified atom stereocenters. The van der Waals surface area contributed by atoms with E-state index in [4.69, 9.17) is 9.47 Å². The van der Waals surface area contributed by atoms with Crippen molar-refractivity contribution in [1.82, 2.24) is 15.5 Å². The summed E-state index contributed by atoms with van der Waals surface area (Å²) in [6, 6.07) is 12.9. The number of likely N-dealkylation sites (N-methyl/N-ethyl adjacent to an activating group) is 1. The molecule has 160 valence electrons. The van der Waals surface area contributed by atoms with Crippen molar-refractivity contribution in [3.8, 4) is 11.5 Å². The first kappa shape index (κ1) is 22.0. The van der Waals surface area contributed by atoms with Crippen molar-refractivity contribution in [2.24, 2.45) is 0 Å². The molecule has 0 spiro atoms. The van der Waals surface area contributed by atoms with Gasteiger partial charge in [-0.2, -0.15) is 0 Å². The molecule has 8 heteroatoms. The maximum absolute atomic E-state index is 12.9. The van der Waals surface area contributed by atoms with Gasteiger partial charge in [-0.3, -0.25) is 4.79 Å². The van der Waals surface area contributed by atoms with E-state index in [1.54, 1.807) is 25.8 Å². The Morgan fingerprint density at radius 2 is 1.80 bits per heavy atom. The monoisotopic (exact) mass is 475 g/mol. The van der Waals surface area contributed by atoms with Gasteiger partial charge in [-0.15, -0.1) is 0 Å². The molecular formula is C22H26BrN3O4. The number of rotatable bonds is 6. The highest BCUT2D eigenvalue weighted by molar-refractivity contribution is 9.10. The Morgan fingerprint density at radius 1 is 1.07 bits per heavy atom. The highest BCUT2D eigenvalue weighted by Crippen LogP contribution is 2.31. The number of urea groups is 1. The zero-order valence-corrected chi connectivity index (χ0v) is 18.9. The molecule has 0 aliphatic carbocycles. The van der Waals surface area contributed by atoms with Gasteiger partial charge in [-0.05, 0) is 49.2 Å². The summed E-state index contributed by atoms with van der Waals surface area (Å²) >= 11 is 3.41. The second-order valence-electron chi connectivity index (χ2n) is 7.70. The van der Waals surface area contributed by atoms with Crippen LogP contribution in [0.2, 0.25) is 0 Å². The van der Waals surface area contributed by atoms with Crippen molar-refractivity contribution in [2.45, 2.75) is 32.5 Å². The lowest BCUT2D eigenvalue weighted by Gasteiger charge is -2.30. The molecule has 2 aromatic carbocycles. The highest BCUT2D eigenvalue weighted by Gasteiger charge is 2.32. The average Bonchev–Trinajstić information content (AvgIpc) is 2.71. The molecular weight excluding hydrogens is 450 g/mol. The largest absolute Gasteiger partial charge is 0.486 e. The molecule has 0 fully saturated rings. The molecule has 1 aliphatic heterocycles. The van der Waals surface area contributed by atoms with E-state index in [-0.39, 0.29) is 5.91 Å². The van der Waals surface area contributed by atoms with Crippen LogP contribution in [0.15, 0.2) is 46.9 Å². The van der Waals surface area contributed by atoms with Crippen LogP contribution in [0.1, 0.15) is 25.0 Å². The van der Waals surface area contributed by atoms with Gasteiger partial charge in [0.1, 0.15) is 18.8 Å². The molecule has 7 nitrogen and oxygen atoms in total. The van der Waals surface area contributed by atoms with Crippen molar-refractivity contribution in [1.29, 1.82) is 0 Å². The van der Waals surface area contributed by atoms with Gasteiger partial charge in [0.05, 0.1) is 0 Å². The van der Waals surface area contributed by atoms with Crippen molar-refractivity contribution >= 4 is 27.9 Å². The lowest BCUT2D eigenvalue weighted by molar-refractivity contribution is -0.135. The third kappa shape index (κ3) is 5.66. The minimum atomic E-state index is -1.07. The first-order valence-corrected chi connectivity index (χ1v) is 10.5. The van der Waals surface area contributed by atoms with E-state index in [2.05, 4.69) is 26.6 Å². The number of hydrogen-bond acceptors (Lipinski definition) is 4. The Kier molecular flexibility index (Phi) is 6.87. The molecule has 0 bridgehead atoms. The van der Waals surface area contributed by atoms with Crippen LogP contribution in [0, 0.1) is 0 Å². The number of halogens is 1. The standard InChI is InChI=1S/C22H26BrN3O4/c1-22(2,25-21(28)24-13-15-5-4-6-17(23)11-15)20(27)26(3)14-16-7-8-18-19(12-16)30-10-9-29-18/h4-8,11-12H,9-10,13-14H2,1-3H3,(H2,24,25,28). The van der Waals surface area contributed by atoms with Gasteiger partial charge in [0, 0.05) is 24.6 Å². The zero-order chi connectivity index (χ0) is 21.7. The zero-order valence-electron chi connectivity index (χ0n) is 17.3. The number of hydrogen-bond donors (Lipinski definition) is 2. The summed E-state index contributed by atoms with van der Waals surface area (Å²) in [5, 5.41) is 5.55. The van der Waals surface area contributed by atoms with Crippen LogP contribution in [0.4, 0.5) is 4.79 Å². The molecule has 3 rings (SSSR count). The molecule has 1 aliphatic rings. The second-order valence-corrected chi connectivity index (χ2v) is 8.62. The number of amides is 3. The highest BCUT2D eigenvalue weighted by atomic mass is 79.9. The number of carbonyl (C=O) groups excluding carboxylic acids is 2. The van der Waals surface area contributed by atoms with Crippen molar-refractivity contribution in [3.05, 3.63) is 58.1 Å². The van der Waals surface area contributed by atoms with Crippen molar-refractivity contribution in [3.63, 3.8) is 0 Å². The van der Waals surface area contributed by atoms with Crippen LogP contribution in [0.3, 0.4) is 0 Å². The van der Waals surface area contributed by atoms with Gasteiger partial charge in [-0.1, -0.05) is 34.1 Å². The van der Waals surface area contributed by atoms with E-state index >= 15 is 0 Å². The van der Waals surface area contributed by atoms with Crippen LogP contribution in [0.5, 0.6) is 11.5 Å². The molecule has 0 aromatic heterocycles. The molecule has 0 saturated heterocycles. The first-order valence-electron chi connectivity index (χ1n) is 9.69. The molecule has 2 aromatic rings. The lowest BCUT2D eigenvalue weighted by Crippen LogP contribution is -2.57. The normalized spacial score (nSPS) is 12.8. The summed E-state index contributed by atoms with van der Waals surface area (Å²) in [7, 11) is 1.71. The Bertz CT molecular complexity index is 932. The summed E-state index contributed by atoms with van der Waals surface area (Å²) in [6.45, 7) is 5.18. The van der Waals surface area contributed by atoms with Crippen molar-refractivity contribution in [2.75, 3.05) is 20.3 Å². The average molecular weight is 476 g/mol. The third-order valence-corrected chi connectivity index (χ3v) is 5.17. The summed E-state index contributed by atoms with van der Waals surface area (Å²) in [5.74, 6) is 1.20. The topological polar surface area (TPSA) is 79.9 Å². The van der Waals surface area contributed by atoms with Crippen LogP contribution in [0.25, 0.3) is 0 Å². The molecule has 2 N–H and O–H groups in total. The van der Waals surface area contributed by atoms with Gasteiger partial charge in [0.2, 0.25) is 5.91 Å². The predicted octanol–water partition coefficient (Wildman–Crippen LogP) is 3.46. The van der Waals surface area contributed by atoms with Gasteiger partial charge in [-0.25, -0.2) is 4.79 Å². The van der Waals surface area contributed by atoms with E-state index in [0.717, 1.165) is 15.6 Å². The Labute approximate surface area is 184 Å². The van der Waals surface area contributed by atoms with Crippen LogP contribution in [-0.4, -0.2) is 42.6 Å². The smallest absolute Gasteiger partial charge is 0.315 e. The Morgan fingerprint density at radius 3 is 2.53 bits per heavy atom. The van der Waals surface area contributed by atoms with E-state index in [0.29, 0.717) is 37.8 Å². The van der Waals surface area contributed by atoms with Gasteiger partial charge >= 0.3 is 6.03 Å². The van der Waals surface area contributed by atoms with E-state index in [9.17, 15) is 9.59 Å². The molecule has 0 saturated carbocycles. The predicted molar refractivity (Wildman–Crippen MR) is 117 cm³/mol. The summed E-state index contributed by atoms with van der Waals surface area (Å²) in [4.78, 5) is 26.8. The fraction of sp³-hybridized carbons (Fsp3) is 0.364. The maximum Gasteiger partial charge on any atom is 0.315 e. The van der Waals surface area contributed by atoms with Gasteiger partial charge in [0.15, 0.2) is 11.5 Å². The van der Waals surface area contributed by atoms with E-state index in [1.165, 1.54) is 0 Å². The second kappa shape index (κ2) is 9.38. The number of carbonyl (C=O) groups is 2. The summed E-state index contributed by atoms with van der Waals surface area (Å²) < 4.78 is 12.1. The molecule has 3 amide bonds. The number of nitrogens with zero attached hydrogens (tertiary/aromatic N) is 1. The maximum atomic E-state index is 12.9. The Balaban J connectivity index is 1.55. The van der Waals surface area contributed by atoms with Crippen LogP contribution in [-0.2, 0) is 17.9 Å².